The molecule has 0 aliphatic carbocycles. The average Bonchev–Trinajstić information content (AvgIpc) is 2.91. The van der Waals surface area contributed by atoms with E-state index >= 15 is 0 Å². The Labute approximate surface area is 117 Å². The van der Waals surface area contributed by atoms with Crippen molar-refractivity contribution < 1.29 is 5.21 Å². The van der Waals surface area contributed by atoms with Gasteiger partial charge in [-0.05, 0) is 24.5 Å². The highest BCUT2D eigenvalue weighted by molar-refractivity contribution is 6.04. The van der Waals surface area contributed by atoms with Crippen LogP contribution in [0.1, 0.15) is 18.9 Å². The minimum atomic E-state index is 0.109. The van der Waals surface area contributed by atoms with Gasteiger partial charge in [-0.1, -0.05) is 30.3 Å². The van der Waals surface area contributed by atoms with Gasteiger partial charge in [0.2, 0.25) is 0 Å². The van der Waals surface area contributed by atoms with Gasteiger partial charge in [0.15, 0.2) is 5.84 Å². The van der Waals surface area contributed by atoms with Crippen molar-refractivity contribution in [1.29, 1.82) is 0 Å². The topological polar surface area (TPSA) is 74.7 Å². The number of para-hydroxylation sites is 1. The van der Waals surface area contributed by atoms with Crippen LogP contribution in [-0.4, -0.2) is 29.1 Å². The molecular formula is C15H18N4O. The molecule has 1 fully saturated rings. The molecule has 3 N–H and O–H groups in total. The zero-order valence-corrected chi connectivity index (χ0v) is 11.5. The Balaban J connectivity index is 2.16. The highest BCUT2D eigenvalue weighted by Gasteiger charge is 2.23. The van der Waals surface area contributed by atoms with Crippen LogP contribution in [0.4, 0.5) is 5.82 Å². The number of oxime groups is 1. The van der Waals surface area contributed by atoms with Gasteiger partial charge < -0.3 is 15.8 Å². The van der Waals surface area contributed by atoms with Crippen molar-refractivity contribution >= 4 is 22.6 Å². The van der Waals surface area contributed by atoms with E-state index in [1.54, 1.807) is 0 Å². The molecule has 0 saturated carbocycles. The number of pyridine rings is 1. The SMILES string of the molecule is CC1CCN(c2nc3ccccc3cc2C(N)=NO)C1. The molecule has 3 rings (SSSR count). The smallest absolute Gasteiger partial charge is 0.173 e. The number of rotatable bonds is 2. The second-order valence-corrected chi connectivity index (χ2v) is 5.38. The standard InChI is InChI=1S/C15H18N4O/c1-10-6-7-19(9-10)15-12(14(16)18-20)8-11-4-2-3-5-13(11)17-15/h2-5,8,10,20H,6-7,9H2,1H3,(H2,16,18). The number of fused-ring (bicyclic) bond motifs is 1. The predicted octanol–water partition coefficient (Wildman–Crippen LogP) is 2.18. The highest BCUT2D eigenvalue weighted by Crippen LogP contribution is 2.28. The fourth-order valence-corrected chi connectivity index (χ4v) is 2.72. The van der Waals surface area contributed by atoms with E-state index in [0.717, 1.165) is 36.2 Å². The molecule has 1 saturated heterocycles. The Morgan fingerprint density at radius 3 is 2.95 bits per heavy atom. The quantitative estimate of drug-likeness (QED) is 0.379. The van der Waals surface area contributed by atoms with Crippen molar-refractivity contribution in [3.63, 3.8) is 0 Å². The first-order chi connectivity index (χ1) is 9.69. The lowest BCUT2D eigenvalue weighted by molar-refractivity contribution is 0.318. The maximum atomic E-state index is 9.00. The van der Waals surface area contributed by atoms with Gasteiger partial charge in [-0.2, -0.15) is 0 Å². The van der Waals surface area contributed by atoms with Crippen LogP contribution in [0.25, 0.3) is 10.9 Å². The maximum absolute atomic E-state index is 9.00. The number of amidine groups is 1. The average molecular weight is 270 g/mol. The van der Waals surface area contributed by atoms with Gasteiger partial charge >= 0.3 is 0 Å². The molecule has 1 aliphatic rings. The van der Waals surface area contributed by atoms with Gasteiger partial charge in [-0.25, -0.2) is 4.98 Å². The van der Waals surface area contributed by atoms with Crippen molar-refractivity contribution in [1.82, 2.24) is 4.98 Å². The van der Waals surface area contributed by atoms with E-state index in [9.17, 15) is 0 Å². The molecule has 1 aromatic heterocycles. The monoisotopic (exact) mass is 270 g/mol. The van der Waals surface area contributed by atoms with Crippen molar-refractivity contribution in [3.05, 3.63) is 35.9 Å². The molecule has 2 aromatic rings. The summed E-state index contributed by atoms with van der Waals surface area (Å²) in [6, 6.07) is 9.82. The lowest BCUT2D eigenvalue weighted by atomic mass is 10.1. The zero-order chi connectivity index (χ0) is 14.1. The molecule has 0 amide bonds. The van der Waals surface area contributed by atoms with Gasteiger partial charge in [0.1, 0.15) is 5.82 Å². The zero-order valence-electron chi connectivity index (χ0n) is 11.5. The normalized spacial score (nSPS) is 19.8. The fourth-order valence-electron chi connectivity index (χ4n) is 2.72. The van der Waals surface area contributed by atoms with E-state index in [-0.39, 0.29) is 5.84 Å². The fraction of sp³-hybridized carbons (Fsp3) is 0.333. The molecule has 0 spiro atoms. The summed E-state index contributed by atoms with van der Waals surface area (Å²) in [5.41, 5.74) is 7.44. The summed E-state index contributed by atoms with van der Waals surface area (Å²) in [7, 11) is 0. The van der Waals surface area contributed by atoms with Gasteiger partial charge in [0.05, 0.1) is 11.1 Å². The molecule has 0 bridgehead atoms. The van der Waals surface area contributed by atoms with E-state index in [0.29, 0.717) is 11.5 Å². The number of anilines is 1. The van der Waals surface area contributed by atoms with E-state index < -0.39 is 0 Å². The molecule has 2 heterocycles. The summed E-state index contributed by atoms with van der Waals surface area (Å²) < 4.78 is 0. The van der Waals surface area contributed by atoms with Crippen molar-refractivity contribution in [2.75, 3.05) is 18.0 Å². The van der Waals surface area contributed by atoms with Crippen molar-refractivity contribution in [2.45, 2.75) is 13.3 Å². The van der Waals surface area contributed by atoms with Crippen LogP contribution in [0.2, 0.25) is 0 Å². The Hall–Kier alpha value is -2.30. The van der Waals surface area contributed by atoms with Crippen LogP contribution in [0, 0.1) is 5.92 Å². The van der Waals surface area contributed by atoms with Crippen molar-refractivity contribution in [2.24, 2.45) is 16.8 Å². The Morgan fingerprint density at radius 1 is 1.45 bits per heavy atom. The second kappa shape index (κ2) is 5.00. The second-order valence-electron chi connectivity index (χ2n) is 5.38. The summed E-state index contributed by atoms with van der Waals surface area (Å²) in [6.45, 7) is 4.14. The number of hydrogen-bond donors (Lipinski definition) is 2. The summed E-state index contributed by atoms with van der Waals surface area (Å²) in [5.74, 6) is 1.56. The summed E-state index contributed by atoms with van der Waals surface area (Å²) in [6.07, 6.45) is 1.14. The van der Waals surface area contributed by atoms with Gasteiger partial charge in [-0.3, -0.25) is 0 Å². The predicted molar refractivity (Wildman–Crippen MR) is 80.2 cm³/mol. The molecule has 5 nitrogen and oxygen atoms in total. The van der Waals surface area contributed by atoms with Crippen molar-refractivity contribution in [3.8, 4) is 0 Å². The molecule has 1 atom stereocenters. The lowest BCUT2D eigenvalue weighted by Gasteiger charge is -2.20. The summed E-state index contributed by atoms with van der Waals surface area (Å²) >= 11 is 0. The molecule has 1 aliphatic heterocycles. The molecule has 5 heteroatoms. The van der Waals surface area contributed by atoms with E-state index in [1.165, 1.54) is 0 Å². The number of aromatic nitrogens is 1. The molecule has 1 unspecified atom stereocenters. The summed E-state index contributed by atoms with van der Waals surface area (Å²) in [4.78, 5) is 6.93. The number of benzene rings is 1. The first kappa shape index (κ1) is 12.7. The van der Waals surface area contributed by atoms with Crippen LogP contribution >= 0.6 is 0 Å². The van der Waals surface area contributed by atoms with Gasteiger partial charge in [0.25, 0.3) is 0 Å². The summed E-state index contributed by atoms with van der Waals surface area (Å²) in [5, 5.41) is 13.1. The highest BCUT2D eigenvalue weighted by atomic mass is 16.4. The first-order valence-corrected chi connectivity index (χ1v) is 6.81. The third-order valence-electron chi connectivity index (χ3n) is 3.81. The first-order valence-electron chi connectivity index (χ1n) is 6.81. The van der Waals surface area contributed by atoms with Crippen LogP contribution in [0.15, 0.2) is 35.5 Å². The van der Waals surface area contributed by atoms with Gasteiger partial charge in [-0.15, -0.1) is 0 Å². The molecule has 1 aromatic carbocycles. The minimum Gasteiger partial charge on any atom is -0.409 e. The molecule has 20 heavy (non-hydrogen) atoms. The van der Waals surface area contributed by atoms with Crippen LogP contribution in [-0.2, 0) is 0 Å². The Bertz CT molecular complexity index is 668. The lowest BCUT2D eigenvalue weighted by Crippen LogP contribution is -2.25. The van der Waals surface area contributed by atoms with E-state index in [2.05, 4.69) is 17.0 Å². The van der Waals surface area contributed by atoms with Crippen LogP contribution in [0.3, 0.4) is 0 Å². The van der Waals surface area contributed by atoms with Crippen LogP contribution in [0.5, 0.6) is 0 Å². The Kier molecular flexibility index (Phi) is 3.18. The largest absolute Gasteiger partial charge is 0.409 e. The maximum Gasteiger partial charge on any atom is 0.173 e. The number of nitrogens with two attached hydrogens (primary N) is 1. The number of hydrogen-bond acceptors (Lipinski definition) is 4. The third kappa shape index (κ3) is 2.15. The van der Waals surface area contributed by atoms with E-state index in [1.807, 2.05) is 30.3 Å². The number of nitrogens with zero attached hydrogens (tertiary/aromatic N) is 3. The molecule has 104 valence electrons. The minimum absolute atomic E-state index is 0.109. The molecule has 0 radical (unpaired) electrons. The Morgan fingerprint density at radius 2 is 2.25 bits per heavy atom. The molecular weight excluding hydrogens is 252 g/mol. The van der Waals surface area contributed by atoms with Crippen LogP contribution < -0.4 is 10.6 Å². The van der Waals surface area contributed by atoms with Gasteiger partial charge in [0, 0.05) is 18.5 Å². The third-order valence-corrected chi connectivity index (χ3v) is 3.81. The van der Waals surface area contributed by atoms with E-state index in [4.69, 9.17) is 15.9 Å².